The second-order valence-corrected chi connectivity index (χ2v) is 3.06. The van der Waals surface area contributed by atoms with Crippen LogP contribution >= 0.6 is 11.6 Å². The summed E-state index contributed by atoms with van der Waals surface area (Å²) in [6, 6.07) is 0. The summed E-state index contributed by atoms with van der Waals surface area (Å²) in [7, 11) is 0. The predicted octanol–water partition coefficient (Wildman–Crippen LogP) is 3.44. The molecule has 0 heterocycles. The third-order valence-corrected chi connectivity index (χ3v) is 2.09. The van der Waals surface area contributed by atoms with Crippen molar-refractivity contribution in [3.8, 4) is 0 Å². The second-order valence-electron chi connectivity index (χ2n) is 2.76. The fraction of sp³-hybridized carbons (Fsp3) is 1.00. The molecule has 0 rings (SSSR count). The topological polar surface area (TPSA) is 0 Å². The third-order valence-electron chi connectivity index (χ3n) is 1.56. The van der Waals surface area contributed by atoms with Gasteiger partial charge in [-0.15, -0.1) is 11.6 Å². The van der Waals surface area contributed by atoms with Crippen LogP contribution in [-0.2, 0) is 0 Å². The van der Waals surface area contributed by atoms with E-state index in [0.29, 0.717) is 0 Å². The minimum Gasteiger partial charge on any atom is -0.126 e. The minimum atomic E-state index is 0.721. The highest BCUT2D eigenvalue weighted by atomic mass is 35.5. The van der Waals surface area contributed by atoms with Crippen LogP contribution in [0.1, 0.15) is 39.5 Å². The molecule has 0 N–H and O–H groups in total. The Balaban J connectivity index is 2.88. The molecule has 0 nitrogen and oxygen atoms in total. The molecule has 0 aromatic carbocycles. The van der Waals surface area contributed by atoms with Gasteiger partial charge in [0, 0.05) is 5.88 Å². The van der Waals surface area contributed by atoms with Gasteiger partial charge in [0.05, 0.1) is 0 Å². The molecule has 0 aliphatic heterocycles. The molecular formula is C8H17Cl. The van der Waals surface area contributed by atoms with Crippen LogP contribution in [0.25, 0.3) is 0 Å². The van der Waals surface area contributed by atoms with E-state index in [9.17, 15) is 0 Å². The zero-order valence-electron chi connectivity index (χ0n) is 6.49. The van der Waals surface area contributed by atoms with E-state index in [1.807, 2.05) is 0 Å². The number of hydrogen-bond donors (Lipinski definition) is 0. The molecule has 1 heteroatoms. The average Bonchev–Trinajstić information content (AvgIpc) is 1.89. The molecule has 0 fully saturated rings. The van der Waals surface area contributed by atoms with Gasteiger partial charge in [-0.2, -0.15) is 0 Å². The summed E-state index contributed by atoms with van der Waals surface area (Å²) in [6.07, 6.45) is 5.33. The van der Waals surface area contributed by atoms with Crippen LogP contribution in [0.4, 0.5) is 0 Å². The zero-order valence-corrected chi connectivity index (χ0v) is 7.25. The van der Waals surface area contributed by atoms with Crippen molar-refractivity contribution in [2.45, 2.75) is 39.5 Å². The number of unbranched alkanes of at least 4 members (excludes halogenated alkanes) is 2. The van der Waals surface area contributed by atoms with Gasteiger partial charge >= 0.3 is 0 Å². The molecule has 0 spiro atoms. The maximum absolute atomic E-state index is 5.63. The van der Waals surface area contributed by atoms with Crippen LogP contribution in [0, 0.1) is 5.92 Å². The van der Waals surface area contributed by atoms with E-state index in [-0.39, 0.29) is 0 Å². The molecule has 0 radical (unpaired) electrons. The average molecular weight is 149 g/mol. The summed E-state index contributed by atoms with van der Waals surface area (Å²) in [5, 5.41) is 0. The Hall–Kier alpha value is 0.290. The lowest BCUT2D eigenvalue weighted by Gasteiger charge is -2.04. The first-order chi connectivity index (χ1) is 4.31. The Morgan fingerprint density at radius 3 is 2.44 bits per heavy atom. The van der Waals surface area contributed by atoms with Crippen LogP contribution in [0.5, 0.6) is 0 Å². The van der Waals surface area contributed by atoms with E-state index in [0.717, 1.165) is 11.8 Å². The first kappa shape index (κ1) is 9.29. The molecule has 56 valence electrons. The molecule has 0 saturated heterocycles. The number of hydrogen-bond acceptors (Lipinski definition) is 0. The molecule has 0 aromatic rings. The van der Waals surface area contributed by atoms with E-state index < -0.39 is 0 Å². The van der Waals surface area contributed by atoms with Gasteiger partial charge in [-0.25, -0.2) is 0 Å². The lowest BCUT2D eigenvalue weighted by atomic mass is 10.1. The number of halogens is 1. The summed E-state index contributed by atoms with van der Waals surface area (Å²) < 4.78 is 0. The smallest absolute Gasteiger partial charge is 0.0249 e. The van der Waals surface area contributed by atoms with E-state index in [4.69, 9.17) is 11.6 Å². The van der Waals surface area contributed by atoms with Crippen LogP contribution < -0.4 is 0 Å². The quantitative estimate of drug-likeness (QED) is 0.414. The minimum absolute atomic E-state index is 0.721. The molecule has 0 aliphatic carbocycles. The molecule has 0 saturated carbocycles. The lowest BCUT2D eigenvalue weighted by Crippen LogP contribution is -1.94. The highest BCUT2D eigenvalue weighted by molar-refractivity contribution is 6.18. The van der Waals surface area contributed by atoms with Crippen LogP contribution in [-0.4, -0.2) is 5.88 Å². The normalized spacial score (nSPS) is 13.7. The molecule has 1 atom stereocenters. The van der Waals surface area contributed by atoms with Gasteiger partial charge in [0.2, 0.25) is 0 Å². The van der Waals surface area contributed by atoms with Gasteiger partial charge in [0.1, 0.15) is 0 Å². The monoisotopic (exact) mass is 148 g/mol. The molecule has 0 unspecified atom stereocenters. The summed E-state index contributed by atoms with van der Waals surface area (Å²) in [4.78, 5) is 0. The van der Waals surface area contributed by atoms with E-state index in [2.05, 4.69) is 13.8 Å². The first-order valence-electron chi connectivity index (χ1n) is 3.87. The van der Waals surface area contributed by atoms with Crippen LogP contribution in [0.3, 0.4) is 0 Å². The molecule has 0 aliphatic rings. The number of rotatable bonds is 5. The molecule has 0 aromatic heterocycles. The van der Waals surface area contributed by atoms with Gasteiger partial charge < -0.3 is 0 Å². The van der Waals surface area contributed by atoms with E-state index in [1.165, 1.54) is 25.7 Å². The Morgan fingerprint density at radius 2 is 2.00 bits per heavy atom. The van der Waals surface area contributed by atoms with Gasteiger partial charge in [0.15, 0.2) is 0 Å². The van der Waals surface area contributed by atoms with E-state index in [1.54, 1.807) is 0 Å². The Kier molecular flexibility index (Phi) is 6.62. The largest absolute Gasteiger partial charge is 0.126 e. The van der Waals surface area contributed by atoms with Gasteiger partial charge in [-0.05, 0) is 12.3 Å². The standard InChI is InChI=1S/C8H17Cl/c1-3-4-5-6-8(2)7-9/h8H,3-7H2,1-2H3/t8-/m0/s1. The Labute approximate surface area is 63.6 Å². The summed E-state index contributed by atoms with van der Waals surface area (Å²) in [5.74, 6) is 1.54. The predicted molar refractivity (Wildman–Crippen MR) is 44.0 cm³/mol. The molecule has 9 heavy (non-hydrogen) atoms. The Morgan fingerprint density at radius 1 is 1.33 bits per heavy atom. The van der Waals surface area contributed by atoms with Crippen LogP contribution in [0.15, 0.2) is 0 Å². The van der Waals surface area contributed by atoms with Crippen molar-refractivity contribution < 1.29 is 0 Å². The van der Waals surface area contributed by atoms with Crippen molar-refractivity contribution in [1.29, 1.82) is 0 Å². The lowest BCUT2D eigenvalue weighted by molar-refractivity contribution is 0.539. The number of alkyl halides is 1. The summed E-state index contributed by atoms with van der Waals surface area (Å²) >= 11 is 5.63. The van der Waals surface area contributed by atoms with Gasteiger partial charge in [0.25, 0.3) is 0 Å². The molecule has 0 amide bonds. The van der Waals surface area contributed by atoms with Crippen molar-refractivity contribution in [1.82, 2.24) is 0 Å². The van der Waals surface area contributed by atoms with Gasteiger partial charge in [-0.3, -0.25) is 0 Å². The van der Waals surface area contributed by atoms with Crippen molar-refractivity contribution in [2.75, 3.05) is 5.88 Å². The summed E-state index contributed by atoms with van der Waals surface area (Å²) in [5.41, 5.74) is 0. The third kappa shape index (κ3) is 6.17. The maximum Gasteiger partial charge on any atom is 0.0249 e. The van der Waals surface area contributed by atoms with Crippen LogP contribution in [0.2, 0.25) is 0 Å². The fourth-order valence-electron chi connectivity index (χ4n) is 0.820. The maximum atomic E-state index is 5.63. The zero-order chi connectivity index (χ0) is 7.11. The molecular weight excluding hydrogens is 132 g/mol. The fourth-order valence-corrected chi connectivity index (χ4v) is 0.974. The Bertz CT molecular complexity index is 52.5. The van der Waals surface area contributed by atoms with Gasteiger partial charge in [-0.1, -0.05) is 33.1 Å². The summed E-state index contributed by atoms with van der Waals surface area (Å²) in [6.45, 7) is 4.44. The van der Waals surface area contributed by atoms with Crippen molar-refractivity contribution in [3.05, 3.63) is 0 Å². The molecule has 0 bridgehead atoms. The first-order valence-corrected chi connectivity index (χ1v) is 4.40. The highest BCUT2D eigenvalue weighted by Gasteiger charge is 1.97. The van der Waals surface area contributed by atoms with Crippen molar-refractivity contribution in [2.24, 2.45) is 5.92 Å². The van der Waals surface area contributed by atoms with Crippen molar-refractivity contribution in [3.63, 3.8) is 0 Å². The second kappa shape index (κ2) is 6.41. The highest BCUT2D eigenvalue weighted by Crippen LogP contribution is 2.09. The van der Waals surface area contributed by atoms with E-state index >= 15 is 0 Å². The SMILES string of the molecule is CCCCC[C@H](C)CCl. The van der Waals surface area contributed by atoms with Crippen molar-refractivity contribution >= 4 is 11.6 Å².